The van der Waals surface area contributed by atoms with Gasteiger partial charge in [0.15, 0.2) is 0 Å². The van der Waals surface area contributed by atoms with Crippen LogP contribution in [0.4, 0.5) is 11.5 Å². The first kappa shape index (κ1) is 15.7. The zero-order valence-corrected chi connectivity index (χ0v) is 12.1. The van der Waals surface area contributed by atoms with Crippen LogP contribution in [0.2, 0.25) is 0 Å². The van der Waals surface area contributed by atoms with E-state index in [1.165, 1.54) is 17.2 Å². The van der Waals surface area contributed by atoms with Crippen LogP contribution in [0.1, 0.15) is 24.2 Å². The van der Waals surface area contributed by atoms with Gasteiger partial charge in [-0.05, 0) is 19.9 Å². The molecule has 1 aromatic rings. The number of carbonyl (C=O) groups excluding carboxylic acids is 2. The molecule has 0 aliphatic heterocycles. The quantitative estimate of drug-likeness (QED) is 0.772. The number of pyridine rings is 1. The van der Waals surface area contributed by atoms with Crippen molar-refractivity contribution in [3.63, 3.8) is 0 Å². The summed E-state index contributed by atoms with van der Waals surface area (Å²) in [5.41, 5.74) is 6.19. The molecule has 1 amide bonds. The molecule has 1 aromatic heterocycles. The predicted molar refractivity (Wildman–Crippen MR) is 76.4 cm³/mol. The van der Waals surface area contributed by atoms with E-state index < -0.39 is 12.0 Å². The van der Waals surface area contributed by atoms with E-state index in [0.29, 0.717) is 5.69 Å². The Kier molecular flexibility index (Phi) is 5.31. The van der Waals surface area contributed by atoms with Crippen LogP contribution in [0, 0.1) is 0 Å². The Hall–Kier alpha value is -2.31. The van der Waals surface area contributed by atoms with Gasteiger partial charge in [-0.25, -0.2) is 9.78 Å². The van der Waals surface area contributed by atoms with Crippen LogP contribution in [0.5, 0.6) is 0 Å². The Morgan fingerprint density at radius 2 is 2.15 bits per heavy atom. The normalized spacial score (nSPS) is 11.6. The smallest absolute Gasteiger partial charge is 0.341 e. The van der Waals surface area contributed by atoms with Crippen molar-refractivity contribution in [2.45, 2.75) is 19.9 Å². The molecule has 0 aromatic carbocycles. The van der Waals surface area contributed by atoms with E-state index in [-0.39, 0.29) is 23.9 Å². The number of likely N-dealkylation sites (N-methyl/N-ethyl adjacent to an activating group) is 1. The van der Waals surface area contributed by atoms with Crippen molar-refractivity contribution in [1.29, 1.82) is 0 Å². The molecule has 1 heterocycles. The highest BCUT2D eigenvalue weighted by molar-refractivity contribution is 5.96. The van der Waals surface area contributed by atoms with Gasteiger partial charge in [0.1, 0.15) is 17.4 Å². The molecule has 0 saturated heterocycles. The zero-order chi connectivity index (χ0) is 15.3. The van der Waals surface area contributed by atoms with Gasteiger partial charge in [-0.15, -0.1) is 0 Å². The van der Waals surface area contributed by atoms with Crippen molar-refractivity contribution in [1.82, 2.24) is 9.88 Å². The van der Waals surface area contributed by atoms with Crippen molar-refractivity contribution in [2.24, 2.45) is 0 Å². The fourth-order valence-corrected chi connectivity index (χ4v) is 1.61. The van der Waals surface area contributed by atoms with Crippen molar-refractivity contribution in [2.75, 3.05) is 31.8 Å². The number of nitrogen functional groups attached to an aromatic ring is 1. The number of ether oxygens (including phenoxy) is 1. The van der Waals surface area contributed by atoms with E-state index in [9.17, 15) is 9.59 Å². The SMILES string of the molecule is CCOC(=O)c1cc(N)cnc1NC(C)C(=O)N(C)C. The lowest BCUT2D eigenvalue weighted by Crippen LogP contribution is -2.37. The van der Waals surface area contributed by atoms with Crippen LogP contribution in [-0.2, 0) is 9.53 Å². The summed E-state index contributed by atoms with van der Waals surface area (Å²) < 4.78 is 4.94. The third-order valence-corrected chi connectivity index (χ3v) is 2.57. The molecule has 0 saturated carbocycles. The standard InChI is InChI=1S/C13H20N4O3/c1-5-20-13(19)10-6-9(14)7-15-11(10)16-8(2)12(18)17(3)4/h6-8H,5,14H2,1-4H3,(H,15,16). The highest BCUT2D eigenvalue weighted by atomic mass is 16.5. The van der Waals surface area contributed by atoms with Crippen molar-refractivity contribution >= 4 is 23.4 Å². The largest absolute Gasteiger partial charge is 0.462 e. The van der Waals surface area contributed by atoms with Crippen LogP contribution in [0.15, 0.2) is 12.3 Å². The third kappa shape index (κ3) is 3.84. The molecular weight excluding hydrogens is 260 g/mol. The van der Waals surface area contributed by atoms with Crippen molar-refractivity contribution in [3.8, 4) is 0 Å². The van der Waals surface area contributed by atoms with Crippen molar-refractivity contribution in [3.05, 3.63) is 17.8 Å². The summed E-state index contributed by atoms with van der Waals surface area (Å²) in [4.78, 5) is 29.2. The van der Waals surface area contributed by atoms with Gasteiger partial charge in [-0.2, -0.15) is 0 Å². The Labute approximate surface area is 118 Å². The van der Waals surface area contributed by atoms with Gasteiger partial charge in [0.25, 0.3) is 0 Å². The summed E-state index contributed by atoms with van der Waals surface area (Å²) in [6.07, 6.45) is 1.41. The molecule has 20 heavy (non-hydrogen) atoms. The first-order valence-corrected chi connectivity index (χ1v) is 6.27. The van der Waals surface area contributed by atoms with Crippen LogP contribution >= 0.6 is 0 Å². The maximum atomic E-state index is 11.8. The van der Waals surface area contributed by atoms with E-state index in [2.05, 4.69) is 10.3 Å². The monoisotopic (exact) mass is 280 g/mol. The highest BCUT2D eigenvalue weighted by Crippen LogP contribution is 2.18. The number of amides is 1. The van der Waals surface area contributed by atoms with Gasteiger partial charge in [-0.1, -0.05) is 0 Å². The van der Waals surface area contributed by atoms with E-state index >= 15 is 0 Å². The molecule has 1 unspecified atom stereocenters. The Bertz CT molecular complexity index is 502. The maximum absolute atomic E-state index is 11.8. The van der Waals surface area contributed by atoms with E-state index in [1.54, 1.807) is 27.9 Å². The minimum Gasteiger partial charge on any atom is -0.462 e. The molecule has 0 spiro atoms. The van der Waals surface area contributed by atoms with E-state index in [4.69, 9.17) is 10.5 Å². The lowest BCUT2D eigenvalue weighted by molar-refractivity contribution is -0.129. The summed E-state index contributed by atoms with van der Waals surface area (Å²) in [6, 6.07) is 0.953. The minimum absolute atomic E-state index is 0.126. The number of esters is 1. The molecule has 3 N–H and O–H groups in total. The van der Waals surface area contributed by atoms with Crippen LogP contribution < -0.4 is 11.1 Å². The van der Waals surface area contributed by atoms with Crippen LogP contribution in [0.25, 0.3) is 0 Å². The summed E-state index contributed by atoms with van der Waals surface area (Å²) in [7, 11) is 3.31. The van der Waals surface area contributed by atoms with Crippen molar-refractivity contribution < 1.29 is 14.3 Å². The topological polar surface area (TPSA) is 97.5 Å². The Balaban J connectivity index is 3.00. The number of aromatic nitrogens is 1. The molecule has 1 atom stereocenters. The summed E-state index contributed by atoms with van der Waals surface area (Å²) in [5.74, 6) is -0.377. The lowest BCUT2D eigenvalue weighted by atomic mass is 10.2. The second-order valence-electron chi connectivity index (χ2n) is 4.48. The molecular formula is C13H20N4O3. The van der Waals surface area contributed by atoms with E-state index in [0.717, 1.165) is 0 Å². The molecule has 0 fully saturated rings. The third-order valence-electron chi connectivity index (χ3n) is 2.57. The van der Waals surface area contributed by atoms with Gasteiger partial charge < -0.3 is 20.7 Å². The number of hydrogen-bond acceptors (Lipinski definition) is 6. The fourth-order valence-electron chi connectivity index (χ4n) is 1.61. The van der Waals surface area contributed by atoms with Gasteiger partial charge in [-0.3, -0.25) is 4.79 Å². The Morgan fingerprint density at radius 1 is 1.50 bits per heavy atom. The summed E-state index contributed by atoms with van der Waals surface area (Å²) in [5, 5.41) is 2.90. The number of carbonyl (C=O) groups is 2. The number of nitrogens with zero attached hydrogens (tertiary/aromatic N) is 2. The van der Waals surface area contributed by atoms with Gasteiger partial charge in [0.2, 0.25) is 5.91 Å². The van der Waals surface area contributed by atoms with E-state index in [1.807, 2.05) is 0 Å². The number of anilines is 2. The number of nitrogens with one attached hydrogen (secondary N) is 1. The van der Waals surface area contributed by atoms with Crippen LogP contribution in [0.3, 0.4) is 0 Å². The average molecular weight is 280 g/mol. The molecule has 110 valence electrons. The second-order valence-corrected chi connectivity index (χ2v) is 4.48. The molecule has 7 heteroatoms. The molecule has 0 bridgehead atoms. The number of hydrogen-bond donors (Lipinski definition) is 2. The second kappa shape index (κ2) is 6.74. The maximum Gasteiger partial charge on any atom is 0.341 e. The number of nitrogens with two attached hydrogens (primary N) is 1. The lowest BCUT2D eigenvalue weighted by Gasteiger charge is -2.19. The summed E-state index contributed by atoms with van der Waals surface area (Å²) >= 11 is 0. The Morgan fingerprint density at radius 3 is 2.70 bits per heavy atom. The predicted octanol–water partition coefficient (Wildman–Crippen LogP) is 0.729. The molecule has 0 aliphatic rings. The highest BCUT2D eigenvalue weighted by Gasteiger charge is 2.20. The van der Waals surface area contributed by atoms with Gasteiger partial charge in [0, 0.05) is 14.1 Å². The first-order valence-electron chi connectivity index (χ1n) is 6.27. The fraction of sp³-hybridized carbons (Fsp3) is 0.462. The zero-order valence-electron chi connectivity index (χ0n) is 12.1. The molecule has 7 nitrogen and oxygen atoms in total. The minimum atomic E-state index is -0.528. The first-order chi connectivity index (χ1) is 9.36. The van der Waals surface area contributed by atoms with Crippen LogP contribution in [-0.4, -0.2) is 48.5 Å². The molecule has 0 radical (unpaired) electrons. The van der Waals surface area contributed by atoms with Gasteiger partial charge >= 0.3 is 5.97 Å². The average Bonchev–Trinajstić information content (AvgIpc) is 2.39. The molecule has 1 rings (SSSR count). The summed E-state index contributed by atoms with van der Waals surface area (Å²) in [6.45, 7) is 3.65. The number of rotatable bonds is 5. The molecule has 0 aliphatic carbocycles. The van der Waals surface area contributed by atoms with Gasteiger partial charge in [0.05, 0.1) is 18.5 Å².